The van der Waals surface area contributed by atoms with Gasteiger partial charge < -0.3 is 4.74 Å². The van der Waals surface area contributed by atoms with Crippen molar-refractivity contribution in [3.8, 4) is 0 Å². The van der Waals surface area contributed by atoms with E-state index in [1.807, 2.05) is 18.2 Å². The van der Waals surface area contributed by atoms with Crippen LogP contribution in [0.25, 0.3) is 0 Å². The Kier molecular flexibility index (Phi) is 5.89. The SMILES string of the molecule is COC(=N)CCc1ccccn1.Cl. The third-order valence-corrected chi connectivity index (χ3v) is 1.58. The van der Waals surface area contributed by atoms with Crippen LogP contribution in [0.4, 0.5) is 0 Å². The van der Waals surface area contributed by atoms with E-state index < -0.39 is 0 Å². The molecule has 0 saturated heterocycles. The lowest BCUT2D eigenvalue weighted by molar-refractivity contribution is 0.386. The number of pyridine rings is 1. The highest BCUT2D eigenvalue weighted by Gasteiger charge is 1.97. The van der Waals surface area contributed by atoms with Crippen molar-refractivity contribution in [3.05, 3.63) is 30.1 Å². The van der Waals surface area contributed by atoms with E-state index in [2.05, 4.69) is 4.98 Å². The van der Waals surface area contributed by atoms with Gasteiger partial charge in [-0.15, -0.1) is 12.4 Å². The molecule has 4 heteroatoms. The Hall–Kier alpha value is -1.09. The van der Waals surface area contributed by atoms with E-state index in [-0.39, 0.29) is 12.4 Å². The molecule has 0 fully saturated rings. The molecule has 0 aliphatic rings. The van der Waals surface area contributed by atoms with Crippen LogP contribution in [0.15, 0.2) is 24.4 Å². The molecule has 1 rings (SSSR count). The van der Waals surface area contributed by atoms with E-state index in [1.54, 1.807) is 6.20 Å². The smallest absolute Gasteiger partial charge is 0.180 e. The predicted molar refractivity (Wildman–Crippen MR) is 54.5 cm³/mol. The Labute approximate surface area is 84.1 Å². The molecule has 0 aliphatic heterocycles. The van der Waals surface area contributed by atoms with Crippen molar-refractivity contribution in [1.29, 1.82) is 5.41 Å². The Morgan fingerprint density at radius 1 is 1.54 bits per heavy atom. The van der Waals surface area contributed by atoms with Crippen molar-refractivity contribution in [2.45, 2.75) is 12.8 Å². The molecule has 1 N–H and O–H groups in total. The van der Waals surface area contributed by atoms with Gasteiger partial charge in [-0.3, -0.25) is 10.4 Å². The van der Waals surface area contributed by atoms with Crippen LogP contribution in [0.5, 0.6) is 0 Å². The lowest BCUT2D eigenvalue weighted by Gasteiger charge is -2.00. The van der Waals surface area contributed by atoms with E-state index in [4.69, 9.17) is 10.1 Å². The molecule has 0 bridgehead atoms. The highest BCUT2D eigenvalue weighted by molar-refractivity contribution is 5.85. The molecular weight excluding hydrogens is 188 g/mol. The minimum absolute atomic E-state index is 0. The largest absolute Gasteiger partial charge is 0.484 e. The summed E-state index contributed by atoms with van der Waals surface area (Å²) in [5.74, 6) is 0.306. The van der Waals surface area contributed by atoms with Gasteiger partial charge in [0.25, 0.3) is 0 Å². The highest BCUT2D eigenvalue weighted by Crippen LogP contribution is 1.98. The monoisotopic (exact) mass is 200 g/mol. The van der Waals surface area contributed by atoms with Gasteiger partial charge in [0, 0.05) is 18.3 Å². The fourth-order valence-electron chi connectivity index (χ4n) is 0.890. The Morgan fingerprint density at radius 3 is 2.85 bits per heavy atom. The first-order chi connectivity index (χ1) is 5.83. The number of hydrogen-bond acceptors (Lipinski definition) is 3. The number of hydrogen-bond donors (Lipinski definition) is 1. The summed E-state index contributed by atoms with van der Waals surface area (Å²) in [4.78, 5) is 4.13. The van der Waals surface area contributed by atoms with Crippen molar-refractivity contribution in [1.82, 2.24) is 4.98 Å². The summed E-state index contributed by atoms with van der Waals surface area (Å²) in [6.07, 6.45) is 3.15. The van der Waals surface area contributed by atoms with Gasteiger partial charge in [-0.2, -0.15) is 0 Å². The first-order valence-electron chi connectivity index (χ1n) is 3.84. The molecule has 0 aliphatic carbocycles. The minimum atomic E-state index is 0. The zero-order chi connectivity index (χ0) is 8.81. The molecule has 3 nitrogen and oxygen atoms in total. The molecule has 1 heterocycles. The summed E-state index contributed by atoms with van der Waals surface area (Å²) >= 11 is 0. The number of ether oxygens (including phenoxy) is 1. The number of methoxy groups -OCH3 is 1. The molecule has 1 aromatic rings. The fourth-order valence-corrected chi connectivity index (χ4v) is 0.890. The van der Waals surface area contributed by atoms with Gasteiger partial charge >= 0.3 is 0 Å². The maximum absolute atomic E-state index is 7.24. The van der Waals surface area contributed by atoms with Gasteiger partial charge in [0.1, 0.15) is 0 Å². The van der Waals surface area contributed by atoms with Crippen LogP contribution in [0.3, 0.4) is 0 Å². The average molecular weight is 201 g/mol. The van der Waals surface area contributed by atoms with Crippen molar-refractivity contribution in [3.63, 3.8) is 0 Å². The second kappa shape index (κ2) is 6.43. The van der Waals surface area contributed by atoms with Crippen LogP contribution in [-0.4, -0.2) is 18.0 Å². The van der Waals surface area contributed by atoms with Crippen molar-refractivity contribution < 1.29 is 4.74 Å². The molecule has 1 aromatic heterocycles. The van der Waals surface area contributed by atoms with E-state index in [9.17, 15) is 0 Å². The second-order valence-electron chi connectivity index (χ2n) is 2.45. The summed E-state index contributed by atoms with van der Waals surface area (Å²) in [6, 6.07) is 5.77. The zero-order valence-corrected chi connectivity index (χ0v) is 8.30. The van der Waals surface area contributed by atoms with Crippen LogP contribution >= 0.6 is 12.4 Å². The summed E-state index contributed by atoms with van der Waals surface area (Å²) in [5, 5.41) is 7.24. The lowest BCUT2D eigenvalue weighted by Crippen LogP contribution is -2.01. The van der Waals surface area contributed by atoms with Crippen LogP contribution in [0, 0.1) is 5.41 Å². The quantitative estimate of drug-likeness (QED) is 0.600. The van der Waals surface area contributed by atoms with E-state index >= 15 is 0 Å². The Bertz CT molecular complexity index is 251. The summed E-state index contributed by atoms with van der Waals surface area (Å²) in [7, 11) is 1.51. The third-order valence-electron chi connectivity index (χ3n) is 1.58. The molecule has 0 amide bonds. The van der Waals surface area contributed by atoms with Gasteiger partial charge in [-0.25, -0.2) is 0 Å². The summed E-state index contributed by atoms with van der Waals surface area (Å²) in [6.45, 7) is 0. The summed E-state index contributed by atoms with van der Waals surface area (Å²) in [5.41, 5.74) is 0.999. The van der Waals surface area contributed by atoms with E-state index in [0.29, 0.717) is 12.3 Å². The van der Waals surface area contributed by atoms with E-state index in [0.717, 1.165) is 12.1 Å². The van der Waals surface area contributed by atoms with Gasteiger partial charge in [0.05, 0.1) is 7.11 Å². The normalized spacial score (nSPS) is 8.69. The van der Waals surface area contributed by atoms with Crippen molar-refractivity contribution in [2.24, 2.45) is 0 Å². The van der Waals surface area contributed by atoms with Gasteiger partial charge in [0.2, 0.25) is 0 Å². The molecule has 72 valence electrons. The zero-order valence-electron chi connectivity index (χ0n) is 7.49. The molecule has 0 saturated carbocycles. The van der Waals surface area contributed by atoms with Crippen LogP contribution in [0.2, 0.25) is 0 Å². The van der Waals surface area contributed by atoms with Crippen molar-refractivity contribution in [2.75, 3.05) is 7.11 Å². The maximum Gasteiger partial charge on any atom is 0.180 e. The summed E-state index contributed by atoms with van der Waals surface area (Å²) < 4.78 is 4.73. The van der Waals surface area contributed by atoms with Crippen LogP contribution in [0.1, 0.15) is 12.1 Å². The molecule has 13 heavy (non-hydrogen) atoms. The average Bonchev–Trinajstić information content (AvgIpc) is 2.16. The number of rotatable bonds is 3. The third kappa shape index (κ3) is 4.48. The lowest BCUT2D eigenvalue weighted by atomic mass is 10.2. The number of halogens is 1. The first kappa shape index (κ1) is 11.9. The minimum Gasteiger partial charge on any atom is -0.484 e. The maximum atomic E-state index is 7.24. The van der Waals surface area contributed by atoms with Crippen molar-refractivity contribution >= 4 is 18.3 Å². The molecular formula is C9H13ClN2O. The first-order valence-corrected chi connectivity index (χ1v) is 3.84. The molecule has 0 aromatic carbocycles. The topological polar surface area (TPSA) is 46.0 Å². The molecule has 0 unspecified atom stereocenters. The highest BCUT2D eigenvalue weighted by atomic mass is 35.5. The molecule has 0 spiro atoms. The number of aromatic nitrogens is 1. The molecule has 0 atom stereocenters. The van der Waals surface area contributed by atoms with Gasteiger partial charge in [0.15, 0.2) is 5.90 Å². The molecule has 0 radical (unpaired) electrons. The Morgan fingerprint density at radius 2 is 2.31 bits per heavy atom. The van der Waals surface area contributed by atoms with E-state index in [1.165, 1.54) is 7.11 Å². The second-order valence-corrected chi connectivity index (χ2v) is 2.45. The fraction of sp³-hybridized carbons (Fsp3) is 0.333. The van der Waals surface area contributed by atoms with Gasteiger partial charge in [-0.1, -0.05) is 6.07 Å². The predicted octanol–water partition coefficient (Wildman–Crippen LogP) is 2.06. The van der Waals surface area contributed by atoms with Gasteiger partial charge in [-0.05, 0) is 18.6 Å². The number of nitrogens with one attached hydrogen (secondary N) is 1. The Balaban J connectivity index is 0.00000144. The number of aryl methyl sites for hydroxylation is 1. The van der Waals surface area contributed by atoms with Crippen LogP contribution < -0.4 is 0 Å². The van der Waals surface area contributed by atoms with Crippen LogP contribution in [-0.2, 0) is 11.2 Å². The number of nitrogens with zero attached hydrogens (tertiary/aromatic N) is 1. The standard InChI is InChI=1S/C9H12N2O.ClH/c1-12-9(10)6-5-8-4-2-3-7-11-8;/h2-4,7,10H,5-6H2,1H3;1H.